The first-order valence-corrected chi connectivity index (χ1v) is 6.70. The summed E-state index contributed by atoms with van der Waals surface area (Å²) >= 11 is 0. The standard InChI is InChI=1S/C17H17N3/c1-14-5-4-6-15(11-14)12-19-16-7-2-3-8-17(16)20-10-9-18-13-20/h2-11,13,19H,12H2,1H3. The molecule has 0 spiro atoms. The number of nitrogens with one attached hydrogen (secondary N) is 1. The summed E-state index contributed by atoms with van der Waals surface area (Å²) in [5.74, 6) is 0. The molecule has 2 aromatic carbocycles. The molecule has 0 bridgehead atoms. The zero-order chi connectivity index (χ0) is 13.8. The summed E-state index contributed by atoms with van der Waals surface area (Å²) in [4.78, 5) is 4.10. The van der Waals surface area contributed by atoms with Gasteiger partial charge in [0.15, 0.2) is 0 Å². The second kappa shape index (κ2) is 5.61. The number of rotatable bonds is 4. The van der Waals surface area contributed by atoms with Crippen LogP contribution in [0.2, 0.25) is 0 Å². The van der Waals surface area contributed by atoms with E-state index in [1.807, 2.05) is 29.2 Å². The molecule has 0 amide bonds. The Labute approximate surface area is 118 Å². The molecule has 0 fully saturated rings. The molecule has 0 aliphatic rings. The van der Waals surface area contributed by atoms with Gasteiger partial charge in [-0.25, -0.2) is 4.98 Å². The van der Waals surface area contributed by atoms with E-state index in [2.05, 4.69) is 53.6 Å². The zero-order valence-corrected chi connectivity index (χ0v) is 11.5. The Morgan fingerprint density at radius 2 is 2.00 bits per heavy atom. The molecule has 3 aromatic rings. The lowest BCUT2D eigenvalue weighted by Gasteiger charge is -2.12. The first-order chi connectivity index (χ1) is 9.83. The molecule has 0 radical (unpaired) electrons. The molecule has 1 heterocycles. The molecule has 3 nitrogen and oxygen atoms in total. The number of hydrogen-bond donors (Lipinski definition) is 1. The van der Waals surface area contributed by atoms with E-state index in [0.717, 1.165) is 17.9 Å². The van der Waals surface area contributed by atoms with Gasteiger partial charge in [0.2, 0.25) is 0 Å². The van der Waals surface area contributed by atoms with E-state index in [1.165, 1.54) is 11.1 Å². The Bertz CT molecular complexity index is 687. The molecule has 1 N–H and O–H groups in total. The van der Waals surface area contributed by atoms with E-state index in [0.29, 0.717) is 0 Å². The highest BCUT2D eigenvalue weighted by Crippen LogP contribution is 2.20. The molecule has 100 valence electrons. The largest absolute Gasteiger partial charge is 0.379 e. The van der Waals surface area contributed by atoms with Crippen molar-refractivity contribution in [1.82, 2.24) is 9.55 Å². The Hall–Kier alpha value is -2.55. The summed E-state index contributed by atoms with van der Waals surface area (Å²) in [5, 5.41) is 3.50. The number of aryl methyl sites for hydroxylation is 1. The van der Waals surface area contributed by atoms with Crippen LogP contribution in [0.25, 0.3) is 5.69 Å². The van der Waals surface area contributed by atoms with Crippen LogP contribution in [0.4, 0.5) is 5.69 Å². The zero-order valence-electron chi connectivity index (χ0n) is 11.5. The van der Waals surface area contributed by atoms with E-state index in [4.69, 9.17) is 0 Å². The van der Waals surface area contributed by atoms with Crippen molar-refractivity contribution in [1.29, 1.82) is 0 Å². The van der Waals surface area contributed by atoms with Crippen LogP contribution in [0.5, 0.6) is 0 Å². The number of imidazole rings is 1. The minimum atomic E-state index is 0.813. The van der Waals surface area contributed by atoms with E-state index >= 15 is 0 Å². The van der Waals surface area contributed by atoms with Crippen LogP contribution >= 0.6 is 0 Å². The fourth-order valence-electron chi connectivity index (χ4n) is 2.27. The lowest BCUT2D eigenvalue weighted by Crippen LogP contribution is -2.03. The first kappa shape index (κ1) is 12.5. The molecule has 3 rings (SSSR count). The van der Waals surface area contributed by atoms with Crippen LogP contribution in [0.15, 0.2) is 67.3 Å². The third kappa shape index (κ3) is 2.72. The molecule has 0 aliphatic carbocycles. The van der Waals surface area contributed by atoms with Crippen LogP contribution in [-0.2, 0) is 6.54 Å². The fourth-order valence-corrected chi connectivity index (χ4v) is 2.27. The lowest BCUT2D eigenvalue weighted by molar-refractivity contribution is 1.04. The predicted molar refractivity (Wildman–Crippen MR) is 82.1 cm³/mol. The third-order valence-electron chi connectivity index (χ3n) is 3.25. The smallest absolute Gasteiger partial charge is 0.0992 e. The molecular weight excluding hydrogens is 246 g/mol. The molecule has 1 aromatic heterocycles. The van der Waals surface area contributed by atoms with Crippen molar-refractivity contribution >= 4 is 5.69 Å². The Morgan fingerprint density at radius 3 is 2.80 bits per heavy atom. The van der Waals surface area contributed by atoms with Gasteiger partial charge in [-0.2, -0.15) is 0 Å². The van der Waals surface area contributed by atoms with Crippen molar-refractivity contribution < 1.29 is 0 Å². The van der Waals surface area contributed by atoms with Crippen molar-refractivity contribution in [3.05, 3.63) is 78.4 Å². The molecule has 3 heteroatoms. The average molecular weight is 263 g/mol. The number of benzene rings is 2. The average Bonchev–Trinajstić information content (AvgIpc) is 3.00. The molecule has 0 aliphatic heterocycles. The van der Waals surface area contributed by atoms with Gasteiger partial charge >= 0.3 is 0 Å². The van der Waals surface area contributed by atoms with Gasteiger partial charge in [-0.1, -0.05) is 42.0 Å². The topological polar surface area (TPSA) is 29.9 Å². The minimum Gasteiger partial charge on any atom is -0.379 e. The Balaban J connectivity index is 1.81. The highest BCUT2D eigenvalue weighted by atomic mass is 15.0. The van der Waals surface area contributed by atoms with Crippen molar-refractivity contribution in [3.8, 4) is 5.69 Å². The number of aromatic nitrogens is 2. The summed E-state index contributed by atoms with van der Waals surface area (Å²) < 4.78 is 2.01. The minimum absolute atomic E-state index is 0.813. The van der Waals surface area contributed by atoms with E-state index in [-0.39, 0.29) is 0 Å². The lowest BCUT2D eigenvalue weighted by atomic mass is 10.1. The molecular formula is C17H17N3. The summed E-state index contributed by atoms with van der Waals surface area (Å²) in [5.41, 5.74) is 4.78. The van der Waals surface area contributed by atoms with Crippen molar-refractivity contribution in [3.63, 3.8) is 0 Å². The highest BCUT2D eigenvalue weighted by molar-refractivity contribution is 5.61. The van der Waals surface area contributed by atoms with Crippen LogP contribution < -0.4 is 5.32 Å². The first-order valence-electron chi connectivity index (χ1n) is 6.70. The van der Waals surface area contributed by atoms with Gasteiger partial charge in [0.05, 0.1) is 17.7 Å². The SMILES string of the molecule is Cc1cccc(CNc2ccccc2-n2ccnc2)c1. The number of hydrogen-bond acceptors (Lipinski definition) is 2. The highest BCUT2D eigenvalue weighted by Gasteiger charge is 2.03. The maximum Gasteiger partial charge on any atom is 0.0992 e. The summed E-state index contributed by atoms with van der Waals surface area (Å²) in [6.07, 6.45) is 5.55. The van der Waals surface area contributed by atoms with Crippen molar-refractivity contribution in [2.75, 3.05) is 5.32 Å². The normalized spacial score (nSPS) is 10.4. The molecule has 0 atom stereocenters. The number of anilines is 1. The monoisotopic (exact) mass is 263 g/mol. The van der Waals surface area contributed by atoms with E-state index in [9.17, 15) is 0 Å². The maximum absolute atomic E-state index is 4.10. The van der Waals surface area contributed by atoms with Gasteiger partial charge in [0.1, 0.15) is 0 Å². The van der Waals surface area contributed by atoms with Crippen molar-refractivity contribution in [2.24, 2.45) is 0 Å². The molecule has 0 saturated heterocycles. The van der Waals surface area contributed by atoms with Gasteiger partial charge in [-0.15, -0.1) is 0 Å². The number of para-hydroxylation sites is 2. The third-order valence-corrected chi connectivity index (χ3v) is 3.25. The Kier molecular flexibility index (Phi) is 3.50. The summed E-state index contributed by atoms with van der Waals surface area (Å²) in [6, 6.07) is 16.8. The van der Waals surface area contributed by atoms with Gasteiger partial charge < -0.3 is 9.88 Å². The molecule has 0 unspecified atom stereocenters. The second-order valence-electron chi connectivity index (χ2n) is 4.83. The van der Waals surface area contributed by atoms with Gasteiger partial charge in [-0.3, -0.25) is 0 Å². The van der Waals surface area contributed by atoms with Crippen molar-refractivity contribution in [2.45, 2.75) is 13.5 Å². The van der Waals surface area contributed by atoms with Crippen LogP contribution in [0.3, 0.4) is 0 Å². The van der Waals surface area contributed by atoms with E-state index in [1.54, 1.807) is 6.20 Å². The second-order valence-corrected chi connectivity index (χ2v) is 4.83. The predicted octanol–water partition coefficient (Wildman–Crippen LogP) is 3.79. The number of nitrogens with zero attached hydrogens (tertiary/aromatic N) is 2. The quantitative estimate of drug-likeness (QED) is 0.776. The van der Waals surface area contributed by atoms with E-state index < -0.39 is 0 Å². The fraction of sp³-hybridized carbons (Fsp3) is 0.118. The van der Waals surface area contributed by atoms with Crippen LogP contribution in [0, 0.1) is 6.92 Å². The van der Waals surface area contributed by atoms with Crippen LogP contribution in [-0.4, -0.2) is 9.55 Å². The Morgan fingerprint density at radius 1 is 1.10 bits per heavy atom. The van der Waals surface area contributed by atoms with Gasteiger partial charge in [0.25, 0.3) is 0 Å². The summed E-state index contributed by atoms with van der Waals surface area (Å²) in [7, 11) is 0. The molecule has 20 heavy (non-hydrogen) atoms. The maximum atomic E-state index is 4.10. The summed E-state index contributed by atoms with van der Waals surface area (Å²) in [6.45, 7) is 2.93. The van der Waals surface area contributed by atoms with Gasteiger partial charge in [0, 0.05) is 18.9 Å². The van der Waals surface area contributed by atoms with Crippen LogP contribution in [0.1, 0.15) is 11.1 Å². The molecule has 0 saturated carbocycles. The van der Waals surface area contributed by atoms with Gasteiger partial charge in [-0.05, 0) is 24.6 Å².